The lowest BCUT2D eigenvalue weighted by atomic mass is 10.0. The molecule has 16 rings (SSSR count). The summed E-state index contributed by atoms with van der Waals surface area (Å²) >= 11 is 0. The summed E-state index contributed by atoms with van der Waals surface area (Å²) in [5.74, 6) is 0. The van der Waals surface area contributed by atoms with Gasteiger partial charge in [0.1, 0.15) is 0 Å². The van der Waals surface area contributed by atoms with E-state index in [0.29, 0.717) is 0 Å². The van der Waals surface area contributed by atoms with E-state index in [1.54, 1.807) is 0 Å². The lowest BCUT2D eigenvalue weighted by molar-refractivity contribution is 1.12. The second-order valence-corrected chi connectivity index (χ2v) is 21.3. The molecular formula is C78H52N4. The van der Waals surface area contributed by atoms with Crippen LogP contribution < -0.4 is 4.90 Å². The van der Waals surface area contributed by atoms with Crippen LogP contribution in [0.4, 0.5) is 17.1 Å². The first-order valence-electron chi connectivity index (χ1n) is 28.1. The minimum absolute atomic E-state index is 1.09. The van der Waals surface area contributed by atoms with E-state index >= 15 is 0 Å². The molecule has 3 aromatic heterocycles. The Kier molecular flexibility index (Phi) is 11.2. The van der Waals surface area contributed by atoms with Gasteiger partial charge >= 0.3 is 0 Å². The lowest BCUT2D eigenvalue weighted by Gasteiger charge is -2.26. The van der Waals surface area contributed by atoms with E-state index in [9.17, 15) is 0 Å². The van der Waals surface area contributed by atoms with Gasteiger partial charge in [-0.15, -0.1) is 0 Å². The van der Waals surface area contributed by atoms with Crippen LogP contribution in [0, 0.1) is 0 Å². The first-order valence-corrected chi connectivity index (χ1v) is 28.1. The number of hydrogen-bond donors (Lipinski definition) is 0. The highest BCUT2D eigenvalue weighted by Crippen LogP contribution is 2.44. The maximum Gasteiger partial charge on any atom is 0.0561 e. The molecule has 0 aliphatic carbocycles. The summed E-state index contributed by atoms with van der Waals surface area (Å²) in [7, 11) is 0. The molecule has 13 aromatic carbocycles. The molecular weight excluding hydrogens is 993 g/mol. The molecule has 16 aromatic rings. The van der Waals surface area contributed by atoms with Gasteiger partial charge in [0.25, 0.3) is 0 Å². The molecule has 0 radical (unpaired) electrons. The SMILES string of the molecule is c1ccc(-c2ccc(N(c3ccc(-c4ccccc4)cc3)c3ccc(-c4ccc(-n5c6ccccc6c6ccc(-n7ccc8c9c%10c%11ccccc%11ccc%10n(-c%10cccc(-c%11ccccc%11)c%10)c9ccc87)cc65)cc4)cc3)cc2)cc1. The maximum absolute atomic E-state index is 2.46. The third kappa shape index (κ3) is 7.91. The normalized spacial score (nSPS) is 11.7. The number of para-hydroxylation sites is 1. The van der Waals surface area contributed by atoms with Crippen LogP contribution in [0.3, 0.4) is 0 Å². The second-order valence-electron chi connectivity index (χ2n) is 21.3. The van der Waals surface area contributed by atoms with Gasteiger partial charge in [-0.3, -0.25) is 0 Å². The average Bonchev–Trinajstić information content (AvgIpc) is 3.79. The highest BCUT2D eigenvalue weighted by Gasteiger charge is 2.21. The molecule has 0 N–H and O–H groups in total. The Labute approximate surface area is 475 Å². The van der Waals surface area contributed by atoms with Gasteiger partial charge < -0.3 is 18.6 Å². The molecule has 4 heteroatoms. The standard InChI is InChI=1S/C78H52N4/c1-4-15-53(16-5-1)56-27-36-62(37-28-56)80(63-38-29-57(30-39-63)54-17-6-2-7-18-54)64-40-31-58(32-41-64)59-33-42-65(43-34-59)81-73-26-13-12-25-69(73)70-45-44-66(52-76(70)81)79-50-49-71-72(79)47-48-75-78(71)77-68-24-11-10-21-60(68)35-46-74(77)82(75)67-23-14-22-61(51-67)55-19-8-3-9-20-55/h1-52H. The Morgan fingerprint density at radius 2 is 0.659 bits per heavy atom. The van der Waals surface area contributed by atoms with Crippen molar-refractivity contribution < 1.29 is 0 Å². The third-order valence-electron chi connectivity index (χ3n) is 16.7. The van der Waals surface area contributed by atoms with Crippen molar-refractivity contribution in [3.63, 3.8) is 0 Å². The van der Waals surface area contributed by atoms with E-state index in [-0.39, 0.29) is 0 Å². The van der Waals surface area contributed by atoms with Crippen molar-refractivity contribution in [3.05, 3.63) is 316 Å². The number of anilines is 3. The Hall–Kier alpha value is -10.9. The van der Waals surface area contributed by atoms with E-state index in [1.807, 2.05) is 0 Å². The number of nitrogens with zero attached hydrogens (tertiary/aromatic N) is 4. The van der Waals surface area contributed by atoms with Crippen LogP contribution in [0.5, 0.6) is 0 Å². The van der Waals surface area contributed by atoms with Gasteiger partial charge in [-0.2, -0.15) is 0 Å². The van der Waals surface area contributed by atoms with Crippen LogP contribution in [0.15, 0.2) is 316 Å². The third-order valence-corrected chi connectivity index (χ3v) is 16.7. The molecule has 0 fully saturated rings. The predicted octanol–water partition coefficient (Wildman–Crippen LogP) is 21.1. The van der Waals surface area contributed by atoms with Crippen molar-refractivity contribution in [3.8, 4) is 61.6 Å². The Bertz CT molecular complexity index is 4950. The van der Waals surface area contributed by atoms with Gasteiger partial charge in [0.2, 0.25) is 0 Å². The predicted molar refractivity (Wildman–Crippen MR) is 346 cm³/mol. The molecule has 0 bridgehead atoms. The highest BCUT2D eigenvalue weighted by molar-refractivity contribution is 6.28. The molecule has 3 heterocycles. The molecule has 0 amide bonds. The number of fused-ring (bicyclic) bond motifs is 10. The molecule has 4 nitrogen and oxygen atoms in total. The van der Waals surface area contributed by atoms with Crippen LogP contribution in [0.25, 0.3) is 127 Å². The van der Waals surface area contributed by atoms with Crippen LogP contribution in [-0.4, -0.2) is 13.7 Å². The van der Waals surface area contributed by atoms with Crippen LogP contribution >= 0.6 is 0 Å². The van der Waals surface area contributed by atoms with Gasteiger partial charge in [-0.1, -0.05) is 206 Å². The molecule has 0 aliphatic rings. The summed E-state index contributed by atoms with van der Waals surface area (Å²) in [5.41, 5.74) is 22.0. The lowest BCUT2D eigenvalue weighted by Crippen LogP contribution is -2.09. The molecule has 0 unspecified atom stereocenters. The fraction of sp³-hybridized carbons (Fsp3) is 0. The van der Waals surface area contributed by atoms with E-state index in [2.05, 4.69) is 334 Å². The molecule has 0 saturated carbocycles. The average molecular weight is 1050 g/mol. The van der Waals surface area contributed by atoms with Gasteiger partial charge in [-0.05, 0) is 158 Å². The van der Waals surface area contributed by atoms with Crippen molar-refractivity contribution in [2.45, 2.75) is 0 Å². The van der Waals surface area contributed by atoms with Crippen molar-refractivity contribution >= 4 is 82.3 Å². The summed E-state index contributed by atoms with van der Waals surface area (Å²) in [6.45, 7) is 0. The first-order chi connectivity index (χ1) is 40.7. The smallest absolute Gasteiger partial charge is 0.0561 e. The fourth-order valence-corrected chi connectivity index (χ4v) is 12.8. The van der Waals surface area contributed by atoms with Crippen molar-refractivity contribution in [2.75, 3.05) is 4.90 Å². The summed E-state index contributed by atoms with van der Waals surface area (Å²) in [6, 6.07) is 113. The summed E-state index contributed by atoms with van der Waals surface area (Å²) < 4.78 is 7.26. The van der Waals surface area contributed by atoms with Crippen molar-refractivity contribution in [1.82, 2.24) is 13.7 Å². The Morgan fingerprint density at radius 1 is 0.220 bits per heavy atom. The largest absolute Gasteiger partial charge is 0.316 e. The quantitative estimate of drug-likeness (QED) is 0.133. The molecule has 0 aliphatic heterocycles. The van der Waals surface area contributed by atoms with E-state index in [4.69, 9.17) is 0 Å². The molecule has 384 valence electrons. The van der Waals surface area contributed by atoms with E-state index < -0.39 is 0 Å². The van der Waals surface area contributed by atoms with E-state index in [1.165, 1.54) is 93.2 Å². The zero-order valence-electron chi connectivity index (χ0n) is 44.8. The Morgan fingerprint density at radius 3 is 1.27 bits per heavy atom. The van der Waals surface area contributed by atoms with Gasteiger partial charge in [0, 0.05) is 67.3 Å². The highest BCUT2D eigenvalue weighted by atomic mass is 15.1. The Balaban J connectivity index is 0.761. The van der Waals surface area contributed by atoms with E-state index in [0.717, 1.165) is 50.8 Å². The molecule has 0 atom stereocenters. The minimum atomic E-state index is 1.09. The topological polar surface area (TPSA) is 18.0 Å². The van der Waals surface area contributed by atoms with Crippen LogP contribution in [0.1, 0.15) is 0 Å². The number of benzene rings is 13. The second kappa shape index (κ2) is 19.5. The van der Waals surface area contributed by atoms with Gasteiger partial charge in [0.15, 0.2) is 0 Å². The molecule has 0 spiro atoms. The fourth-order valence-electron chi connectivity index (χ4n) is 12.8. The first kappa shape index (κ1) is 47.1. The summed E-state index contributed by atoms with van der Waals surface area (Å²) in [6.07, 6.45) is 2.26. The zero-order valence-corrected chi connectivity index (χ0v) is 44.8. The number of rotatable bonds is 10. The summed E-state index contributed by atoms with van der Waals surface area (Å²) in [4.78, 5) is 2.34. The van der Waals surface area contributed by atoms with Gasteiger partial charge in [0.05, 0.1) is 27.6 Å². The number of aromatic nitrogens is 3. The molecule has 82 heavy (non-hydrogen) atoms. The maximum atomic E-state index is 2.46. The minimum Gasteiger partial charge on any atom is -0.316 e. The van der Waals surface area contributed by atoms with Gasteiger partial charge in [-0.25, -0.2) is 0 Å². The zero-order chi connectivity index (χ0) is 54.1. The van der Waals surface area contributed by atoms with Crippen LogP contribution in [0.2, 0.25) is 0 Å². The van der Waals surface area contributed by atoms with Crippen LogP contribution in [-0.2, 0) is 0 Å². The monoisotopic (exact) mass is 1040 g/mol. The number of hydrogen-bond acceptors (Lipinski definition) is 1. The summed E-state index contributed by atoms with van der Waals surface area (Å²) in [5, 5.41) is 8.70. The molecule has 0 saturated heterocycles. The van der Waals surface area contributed by atoms with Crippen molar-refractivity contribution in [2.24, 2.45) is 0 Å². The van der Waals surface area contributed by atoms with Crippen molar-refractivity contribution in [1.29, 1.82) is 0 Å².